The third-order valence-corrected chi connectivity index (χ3v) is 14.1. The zero-order valence-corrected chi connectivity index (χ0v) is 31.3. The molecule has 0 spiro atoms. The van der Waals surface area contributed by atoms with Gasteiger partial charge in [-0.1, -0.05) is 31.0 Å². The van der Waals surface area contributed by atoms with E-state index in [1.54, 1.807) is 25.1 Å². The van der Waals surface area contributed by atoms with Crippen LogP contribution in [-0.2, 0) is 27.8 Å². The second-order valence-corrected chi connectivity index (χ2v) is 17.7. The molecule has 50 heavy (non-hydrogen) atoms. The first-order chi connectivity index (χ1) is 23.8. The fourth-order valence-corrected chi connectivity index (χ4v) is 9.75. The molecule has 2 fully saturated rings. The van der Waals surface area contributed by atoms with Gasteiger partial charge in [0, 0.05) is 49.9 Å². The Balaban J connectivity index is 1.35. The highest BCUT2D eigenvalue weighted by molar-refractivity contribution is 7.90. The van der Waals surface area contributed by atoms with Crippen LogP contribution in [0.2, 0.25) is 5.02 Å². The van der Waals surface area contributed by atoms with E-state index in [4.69, 9.17) is 16.3 Å². The van der Waals surface area contributed by atoms with Gasteiger partial charge in [0.15, 0.2) is 0 Å². The number of hydrogen-bond acceptors (Lipinski definition) is 8. The average molecular weight is 729 g/mol. The molecular formula is C38H53ClN4O6S. The number of nitrogens with zero attached hydrogens (tertiary/aromatic N) is 3. The first-order valence-corrected chi connectivity index (χ1v) is 20.3. The number of ether oxygens (including phenoxy) is 1. The summed E-state index contributed by atoms with van der Waals surface area (Å²) in [6.45, 7) is 8.07. The smallest absolute Gasteiger partial charge is 0.264 e. The first kappa shape index (κ1) is 36.9. The van der Waals surface area contributed by atoms with E-state index in [0.29, 0.717) is 62.8 Å². The SMILES string of the molecule is C[C@@H]1[C@@H](C)CCC[C@@](O)(CC(=O)N2CCN(C)CC2)[C@@H]2CC[C@H]2CN2CCCCc3cc(Cl)ccc3COc3ccc(cc32)C(=O)NS1(=O)=O. The van der Waals surface area contributed by atoms with Gasteiger partial charge in [-0.05, 0) is 118 Å². The highest BCUT2D eigenvalue weighted by atomic mass is 35.5. The van der Waals surface area contributed by atoms with Gasteiger partial charge in [0.2, 0.25) is 15.9 Å². The molecular weight excluding hydrogens is 676 g/mol. The maximum atomic E-state index is 13.7. The number of aryl methyl sites for hydroxylation is 1. The number of nitrogens with one attached hydrogen (secondary N) is 1. The second-order valence-electron chi connectivity index (χ2n) is 15.2. The van der Waals surface area contributed by atoms with Crippen LogP contribution >= 0.6 is 11.6 Å². The molecule has 3 aliphatic heterocycles. The van der Waals surface area contributed by atoms with E-state index in [2.05, 4.69) is 21.6 Å². The maximum Gasteiger partial charge on any atom is 0.264 e. The Kier molecular flexibility index (Phi) is 11.4. The third kappa shape index (κ3) is 8.27. The van der Waals surface area contributed by atoms with Crippen molar-refractivity contribution >= 4 is 39.1 Å². The van der Waals surface area contributed by atoms with Crippen molar-refractivity contribution in [2.24, 2.45) is 17.8 Å². The molecule has 4 aliphatic rings. The van der Waals surface area contributed by atoms with Crippen molar-refractivity contribution in [3.8, 4) is 5.75 Å². The fraction of sp³-hybridized carbons (Fsp3) is 0.632. The molecule has 2 N–H and O–H groups in total. The number of carbonyl (C=O) groups excluding carboxylic acids is 2. The molecule has 1 saturated heterocycles. The van der Waals surface area contributed by atoms with Gasteiger partial charge in [-0.2, -0.15) is 0 Å². The Bertz CT molecular complexity index is 1660. The van der Waals surface area contributed by atoms with Crippen molar-refractivity contribution in [3.05, 3.63) is 58.1 Å². The number of hydrogen-bond donors (Lipinski definition) is 2. The zero-order valence-electron chi connectivity index (χ0n) is 29.7. The molecule has 6 rings (SSSR count). The minimum absolute atomic E-state index is 0.00864. The molecule has 10 nitrogen and oxygen atoms in total. The summed E-state index contributed by atoms with van der Waals surface area (Å²) in [5.74, 6) is -0.277. The number of amides is 2. The number of carbonyl (C=O) groups is 2. The summed E-state index contributed by atoms with van der Waals surface area (Å²) in [6, 6.07) is 11.0. The van der Waals surface area contributed by atoms with Crippen LogP contribution < -0.4 is 14.4 Å². The zero-order chi connectivity index (χ0) is 35.6. The van der Waals surface area contributed by atoms with E-state index in [1.807, 2.05) is 30.0 Å². The van der Waals surface area contributed by atoms with Gasteiger partial charge in [-0.15, -0.1) is 0 Å². The minimum Gasteiger partial charge on any atom is -0.487 e. The second kappa shape index (κ2) is 15.4. The minimum atomic E-state index is -3.99. The summed E-state index contributed by atoms with van der Waals surface area (Å²) in [5.41, 5.74) is 1.97. The summed E-state index contributed by atoms with van der Waals surface area (Å²) in [4.78, 5) is 33.6. The Morgan fingerprint density at radius 2 is 1.78 bits per heavy atom. The van der Waals surface area contributed by atoms with E-state index in [-0.39, 0.29) is 35.6 Å². The molecule has 5 atom stereocenters. The molecule has 2 aromatic carbocycles. The molecule has 274 valence electrons. The monoisotopic (exact) mass is 728 g/mol. The van der Waals surface area contributed by atoms with Gasteiger partial charge in [-0.25, -0.2) is 13.1 Å². The van der Waals surface area contributed by atoms with Crippen LogP contribution in [0.4, 0.5) is 5.69 Å². The number of fused-ring (bicyclic) bond motifs is 3. The van der Waals surface area contributed by atoms with Crippen molar-refractivity contribution in [2.75, 3.05) is 51.2 Å². The lowest BCUT2D eigenvalue weighted by atomic mass is 9.62. The number of halogens is 1. The van der Waals surface area contributed by atoms with Crippen LogP contribution in [-0.4, -0.2) is 92.3 Å². The fourth-order valence-electron chi connectivity index (χ4n) is 8.24. The largest absolute Gasteiger partial charge is 0.487 e. The van der Waals surface area contributed by atoms with Crippen molar-refractivity contribution in [1.29, 1.82) is 0 Å². The number of anilines is 1. The first-order valence-electron chi connectivity index (χ1n) is 18.4. The molecule has 12 heteroatoms. The lowest BCUT2D eigenvalue weighted by Crippen LogP contribution is -2.54. The van der Waals surface area contributed by atoms with E-state index >= 15 is 0 Å². The van der Waals surface area contributed by atoms with Gasteiger partial charge in [0.25, 0.3) is 5.91 Å². The standard InChI is InChI=1S/C38H53ClN4O6S/c1-26-7-6-15-38(46,23-36(44)42-19-17-41(3)18-20-42)33-13-10-30(33)24-43-16-5-4-8-28-21-32(39)12-9-31(28)25-49-35-14-11-29(22-34(35)43)37(45)40-50(47,48)27(26)2/h9,11-12,14,21-22,26-27,30,33,46H,4-8,10,13,15-20,23-25H2,1-3H3,(H,40,45)/t26-,27+,30-,33+,38+/m0/s1. The lowest BCUT2D eigenvalue weighted by molar-refractivity contribution is -0.147. The molecule has 2 aromatic rings. The van der Waals surface area contributed by atoms with E-state index in [1.165, 1.54) is 0 Å². The summed E-state index contributed by atoms with van der Waals surface area (Å²) in [5, 5.41) is 12.4. The number of rotatable bonds is 2. The van der Waals surface area contributed by atoms with Crippen LogP contribution in [0, 0.1) is 17.8 Å². The Labute approximate surface area is 302 Å². The molecule has 2 amide bonds. The number of piperazine rings is 1. The quantitative estimate of drug-likeness (QED) is 0.431. The van der Waals surface area contributed by atoms with Crippen LogP contribution in [0.1, 0.15) is 86.7 Å². The van der Waals surface area contributed by atoms with Crippen LogP contribution in [0.3, 0.4) is 0 Å². The average Bonchev–Trinajstić information content (AvgIpc) is 3.09. The van der Waals surface area contributed by atoms with E-state index in [9.17, 15) is 23.1 Å². The van der Waals surface area contributed by atoms with Crippen LogP contribution in [0.25, 0.3) is 0 Å². The highest BCUT2D eigenvalue weighted by Gasteiger charge is 2.48. The van der Waals surface area contributed by atoms with E-state index in [0.717, 1.165) is 62.0 Å². The maximum absolute atomic E-state index is 13.7. The van der Waals surface area contributed by atoms with Gasteiger partial charge in [0.1, 0.15) is 12.4 Å². The Hall–Kier alpha value is -2.86. The van der Waals surface area contributed by atoms with Gasteiger partial charge >= 0.3 is 0 Å². The Morgan fingerprint density at radius 1 is 1.00 bits per heavy atom. The topological polar surface area (TPSA) is 119 Å². The predicted molar refractivity (Wildman–Crippen MR) is 196 cm³/mol. The normalized spacial score (nSPS) is 29.7. The van der Waals surface area contributed by atoms with Crippen molar-refractivity contribution in [3.63, 3.8) is 0 Å². The summed E-state index contributed by atoms with van der Waals surface area (Å²) in [6.07, 6.45) is 6.02. The Morgan fingerprint density at radius 3 is 2.52 bits per heavy atom. The molecule has 3 heterocycles. The number of sulfonamides is 1. The molecule has 0 radical (unpaired) electrons. The van der Waals surface area contributed by atoms with Gasteiger partial charge < -0.3 is 24.5 Å². The summed E-state index contributed by atoms with van der Waals surface area (Å²) in [7, 11) is -1.94. The summed E-state index contributed by atoms with van der Waals surface area (Å²) < 4.78 is 35.7. The highest BCUT2D eigenvalue weighted by Crippen LogP contribution is 2.47. The van der Waals surface area contributed by atoms with E-state index < -0.39 is 26.8 Å². The number of benzene rings is 2. The molecule has 0 unspecified atom stereocenters. The molecule has 1 aliphatic carbocycles. The van der Waals surface area contributed by atoms with Crippen LogP contribution in [0.15, 0.2) is 36.4 Å². The van der Waals surface area contributed by atoms with Gasteiger partial charge in [0.05, 0.1) is 23.0 Å². The number of aliphatic hydroxyl groups is 1. The molecule has 1 saturated carbocycles. The molecule has 0 aromatic heterocycles. The van der Waals surface area contributed by atoms with Crippen LogP contribution in [0.5, 0.6) is 5.75 Å². The van der Waals surface area contributed by atoms with Crippen molar-refractivity contribution in [1.82, 2.24) is 14.5 Å². The molecule has 2 bridgehead atoms. The van der Waals surface area contributed by atoms with Crippen molar-refractivity contribution < 1.29 is 27.9 Å². The third-order valence-electron chi connectivity index (χ3n) is 11.9. The van der Waals surface area contributed by atoms with Crippen molar-refractivity contribution in [2.45, 2.75) is 89.1 Å². The lowest BCUT2D eigenvalue weighted by Gasteiger charge is -2.50. The number of likely N-dealkylation sites (N-methyl/N-ethyl adjacent to an activating group) is 1. The summed E-state index contributed by atoms with van der Waals surface area (Å²) >= 11 is 6.36. The van der Waals surface area contributed by atoms with Gasteiger partial charge in [-0.3, -0.25) is 9.59 Å². The predicted octanol–water partition coefficient (Wildman–Crippen LogP) is 5.25.